The molecule has 0 amide bonds. The molecule has 20 aromatic carbocycles. The Kier molecular flexibility index (Phi) is 17.3. The Hall–Kier alpha value is -18.7. The summed E-state index contributed by atoms with van der Waals surface area (Å²) in [6.45, 7) is 4.53. The first-order valence-electron chi connectivity index (χ1n) is 47.0. The van der Waals surface area contributed by atoms with Crippen molar-refractivity contribution >= 4 is 174 Å². The van der Waals surface area contributed by atoms with E-state index in [0.717, 1.165) is 150 Å². The average molecular weight is 1760 g/mol. The van der Waals surface area contributed by atoms with Crippen LogP contribution in [0.3, 0.4) is 0 Å². The van der Waals surface area contributed by atoms with Gasteiger partial charge in [0, 0.05) is 148 Å². The number of nitrogens with zero attached hydrogens (tertiary/aromatic N) is 12. The van der Waals surface area contributed by atoms with Crippen molar-refractivity contribution in [1.82, 2.24) is 51.5 Å². The molecule has 644 valence electrons. The maximum Gasteiger partial charge on any atom is 0.164 e. The third kappa shape index (κ3) is 11.6. The van der Waals surface area contributed by atoms with Crippen molar-refractivity contribution in [3.8, 4) is 85.7 Å². The fourth-order valence-electron chi connectivity index (χ4n) is 22.9. The van der Waals surface area contributed by atoms with Crippen molar-refractivity contribution < 1.29 is 0 Å². The van der Waals surface area contributed by atoms with Crippen LogP contribution in [0.5, 0.6) is 0 Å². The molecule has 0 aliphatic carbocycles. The van der Waals surface area contributed by atoms with E-state index in [1.165, 1.54) is 97.8 Å². The van der Waals surface area contributed by atoms with Crippen LogP contribution in [-0.2, 0) is 0 Å². The van der Waals surface area contributed by atoms with Crippen molar-refractivity contribution in [2.24, 2.45) is 0 Å². The second kappa shape index (κ2) is 30.7. The largest absolute Gasteiger partial charge is 0.309 e. The molecule has 138 heavy (non-hydrogen) atoms. The van der Waals surface area contributed by atoms with Crippen LogP contribution in [0.25, 0.3) is 254 Å². The molecule has 9 aromatic heterocycles. The van der Waals surface area contributed by atoms with Gasteiger partial charge < -0.3 is 36.5 Å². The average Bonchev–Trinajstić information content (AvgIpc) is 1.53. The summed E-state index contributed by atoms with van der Waals surface area (Å²) in [6, 6.07) is 163. The monoisotopic (exact) mass is 1760 g/mol. The highest BCUT2D eigenvalue weighted by molar-refractivity contribution is 6.33. The van der Waals surface area contributed by atoms with Crippen LogP contribution < -0.4 is 0 Å². The van der Waals surface area contributed by atoms with Crippen molar-refractivity contribution in [3.05, 3.63) is 466 Å². The van der Waals surface area contributed by atoms with Gasteiger partial charge in [-0.1, -0.05) is 267 Å². The number of aryl methyl sites for hydroxylation is 2. The SMILES string of the molecule is Cc1cc2c(c3c(-c4nc(-c5ccccc5)nc(-c5ccccc5)n4)cccc3n2-c2ccccc2)c2c1c1cc(-n3c4ccccc4c4c3ccc3c5ccccc5n(-c5ccccc5)c34)ccc1n2-c1ccccc1.Cc1cc2c(c3cc(C#N)ccc3n2-c2ccccc2)c2c1c1cc(-n3c4ccccc4c4c3ccc3c5ccccc5n(-c5ccccc5)c34)ccc1n2-c1ccccc1. The summed E-state index contributed by atoms with van der Waals surface area (Å²) in [5.41, 5.74) is 32.9. The molecule has 29 aromatic rings. The topological polar surface area (TPSA) is 102 Å². The molecule has 0 unspecified atom stereocenters. The molecule has 0 atom stereocenters. The zero-order valence-corrected chi connectivity index (χ0v) is 75.1. The summed E-state index contributed by atoms with van der Waals surface area (Å²) >= 11 is 0. The first-order chi connectivity index (χ1) is 68.3. The van der Waals surface area contributed by atoms with Crippen LogP contribution in [0.15, 0.2) is 449 Å². The van der Waals surface area contributed by atoms with E-state index in [-0.39, 0.29) is 0 Å². The molecule has 12 heteroatoms. The zero-order chi connectivity index (χ0) is 91.1. The third-order valence-electron chi connectivity index (χ3n) is 28.5. The van der Waals surface area contributed by atoms with Crippen LogP contribution in [0.1, 0.15) is 16.7 Å². The van der Waals surface area contributed by atoms with Crippen LogP contribution in [-0.4, -0.2) is 51.5 Å². The normalized spacial score (nSPS) is 12.0. The molecule has 0 spiro atoms. The first kappa shape index (κ1) is 78.0. The van der Waals surface area contributed by atoms with Crippen molar-refractivity contribution in [3.63, 3.8) is 0 Å². The van der Waals surface area contributed by atoms with Crippen LogP contribution in [0, 0.1) is 25.2 Å². The highest BCUT2D eigenvalue weighted by atomic mass is 15.1. The first-order valence-corrected chi connectivity index (χ1v) is 47.0. The molecule has 0 bridgehead atoms. The van der Waals surface area contributed by atoms with Gasteiger partial charge in [-0.2, -0.15) is 5.26 Å². The van der Waals surface area contributed by atoms with Crippen LogP contribution in [0.2, 0.25) is 0 Å². The van der Waals surface area contributed by atoms with Crippen molar-refractivity contribution in [2.45, 2.75) is 13.8 Å². The van der Waals surface area contributed by atoms with E-state index in [1.807, 2.05) is 42.5 Å². The summed E-state index contributed by atoms with van der Waals surface area (Å²) in [5.74, 6) is 1.86. The predicted molar refractivity (Wildman–Crippen MR) is 571 cm³/mol. The Bertz CT molecular complexity index is 10100. The van der Waals surface area contributed by atoms with Crippen molar-refractivity contribution in [2.75, 3.05) is 0 Å². The number of hydrogen-bond donors (Lipinski definition) is 0. The van der Waals surface area contributed by atoms with Gasteiger partial charge in [-0.25, -0.2) is 15.0 Å². The maximum absolute atomic E-state index is 10.2. The van der Waals surface area contributed by atoms with Gasteiger partial charge in [0.25, 0.3) is 0 Å². The summed E-state index contributed by atoms with van der Waals surface area (Å²) in [6.07, 6.45) is 0. The Labute approximate surface area is 791 Å². The lowest BCUT2D eigenvalue weighted by Crippen LogP contribution is -2.00. The minimum Gasteiger partial charge on any atom is -0.309 e. The van der Waals surface area contributed by atoms with Crippen LogP contribution >= 0.6 is 0 Å². The summed E-state index contributed by atoms with van der Waals surface area (Å²) < 4.78 is 19.5. The Morgan fingerprint density at radius 1 is 0.181 bits per heavy atom. The van der Waals surface area contributed by atoms with E-state index in [4.69, 9.17) is 15.0 Å². The molecule has 0 saturated heterocycles. The molecule has 29 rings (SSSR count). The zero-order valence-electron chi connectivity index (χ0n) is 75.1. The third-order valence-corrected chi connectivity index (χ3v) is 28.5. The van der Waals surface area contributed by atoms with Gasteiger partial charge in [-0.15, -0.1) is 0 Å². The van der Waals surface area contributed by atoms with Gasteiger partial charge in [-0.05, 0) is 207 Å². The number of para-hydroxylation sites is 10. The Morgan fingerprint density at radius 3 is 0.899 bits per heavy atom. The summed E-state index contributed by atoms with van der Waals surface area (Å²) in [4.78, 5) is 15.8. The summed E-state index contributed by atoms with van der Waals surface area (Å²) in [7, 11) is 0. The van der Waals surface area contributed by atoms with E-state index in [2.05, 4.69) is 463 Å². The highest BCUT2D eigenvalue weighted by Crippen LogP contribution is 2.52. The molecule has 0 aliphatic heterocycles. The maximum atomic E-state index is 10.2. The van der Waals surface area contributed by atoms with E-state index in [0.29, 0.717) is 23.0 Å². The van der Waals surface area contributed by atoms with Gasteiger partial charge in [0.15, 0.2) is 17.5 Å². The number of fused-ring (bicyclic) bond motifs is 28. The minimum absolute atomic E-state index is 0.612. The molecule has 0 fully saturated rings. The second-order valence-electron chi connectivity index (χ2n) is 36.1. The molecule has 9 heterocycles. The van der Waals surface area contributed by atoms with Crippen molar-refractivity contribution in [1.29, 1.82) is 5.26 Å². The molecular formula is C126H80N12. The standard InChI is InChI=1S/C70H45N7.C56H35N5/c1-44-42-61-65(63-54(34-21-37-59(63)74(61)47-26-11-4-12-27-47)70-72-68(45-22-7-2-8-23-45)71-69(73-70)46-24-9-3-10-25-46)67-62(44)55-43-50(38-40-58(55)77(67)49-30-15-6-16-31-49)75-57-36-20-18-33-53(57)64-60(75)41-39-52-51-32-17-19-35-56(51)76(66(52)64)48-28-13-5-14-29-48;1-35-31-51-54(44-32-36(34-57)25-28-48(44)58(51)37-15-5-2-6-16-37)56-52(35)45-33-40(26-29-49(45)61(56)39-19-9-4-10-20-39)59-47-24-14-12-22-43(47)53-50(59)30-27-42-41-21-11-13-23-46(41)60(55(42)53)38-17-7-3-8-18-38/h2-43H,1H3;2-33H,1H3. The smallest absolute Gasteiger partial charge is 0.164 e. The minimum atomic E-state index is 0.612. The molecule has 0 saturated carbocycles. The lowest BCUT2D eigenvalue weighted by atomic mass is 10.00. The number of rotatable bonds is 11. The second-order valence-corrected chi connectivity index (χ2v) is 36.1. The van der Waals surface area contributed by atoms with Gasteiger partial charge in [0.1, 0.15) is 0 Å². The van der Waals surface area contributed by atoms with E-state index < -0.39 is 0 Å². The quantitative estimate of drug-likeness (QED) is 0.129. The fraction of sp³-hybridized carbons (Fsp3) is 0.0159. The molecule has 12 nitrogen and oxygen atoms in total. The highest BCUT2D eigenvalue weighted by Gasteiger charge is 2.31. The van der Waals surface area contributed by atoms with Gasteiger partial charge in [-0.3, -0.25) is 0 Å². The Balaban J connectivity index is 0.000000140. The predicted octanol–water partition coefficient (Wildman–Crippen LogP) is 31.8. The number of nitriles is 1. The fourth-order valence-corrected chi connectivity index (χ4v) is 22.9. The van der Waals surface area contributed by atoms with Gasteiger partial charge >= 0.3 is 0 Å². The number of benzene rings is 20. The van der Waals surface area contributed by atoms with Crippen LogP contribution in [0.4, 0.5) is 0 Å². The van der Waals surface area contributed by atoms with Gasteiger partial charge in [0.2, 0.25) is 0 Å². The molecule has 0 aliphatic rings. The molecule has 0 radical (unpaired) electrons. The lowest BCUT2D eigenvalue weighted by molar-refractivity contribution is 1.08. The number of hydrogen-bond acceptors (Lipinski definition) is 4. The van der Waals surface area contributed by atoms with Gasteiger partial charge in [0.05, 0.1) is 99.9 Å². The Morgan fingerprint density at radius 2 is 0.471 bits per heavy atom. The molecule has 0 N–H and O–H groups in total. The lowest BCUT2D eigenvalue weighted by Gasteiger charge is -2.12. The van der Waals surface area contributed by atoms with E-state index in [9.17, 15) is 5.26 Å². The number of aromatic nitrogens is 11. The molecular weight excluding hydrogens is 1680 g/mol. The van der Waals surface area contributed by atoms with E-state index in [1.54, 1.807) is 0 Å². The summed E-state index contributed by atoms with van der Waals surface area (Å²) in [5, 5.41) is 29.2. The van der Waals surface area contributed by atoms with E-state index >= 15 is 0 Å².